The molecule has 0 saturated heterocycles. The molecule has 0 atom stereocenters. The summed E-state index contributed by atoms with van der Waals surface area (Å²) in [5, 5.41) is 11.4. The number of carbonyl (C=O) groups is 2. The van der Waals surface area contributed by atoms with Crippen LogP contribution in [0.25, 0.3) is 0 Å². The molecule has 0 aliphatic rings. The second-order valence-electron chi connectivity index (χ2n) is 3.86. The molecule has 0 aliphatic carbocycles. The minimum atomic E-state index is -0.950. The van der Waals surface area contributed by atoms with Crippen LogP contribution < -0.4 is 5.32 Å². The molecule has 0 aromatic heterocycles. The fourth-order valence-electron chi connectivity index (χ4n) is 1.37. The summed E-state index contributed by atoms with van der Waals surface area (Å²) in [4.78, 5) is 23.8. The molecule has 5 nitrogen and oxygen atoms in total. The van der Waals surface area contributed by atoms with Crippen LogP contribution in [-0.4, -0.2) is 42.0 Å². The summed E-state index contributed by atoms with van der Waals surface area (Å²) in [6, 6.07) is 3.94. The predicted molar refractivity (Wildman–Crippen MR) is 98.4 cm³/mol. The standard InChI is InChI=1S/C11H11I3N2O3/c1-16(5-10(18)19)4-9(17)15-11-7(13)2-6(12)3-8(11)14/h2-3H,4-5H2,1H3,(H,15,17)(H,18,19). The molecule has 0 radical (unpaired) electrons. The van der Waals surface area contributed by atoms with Crippen LogP contribution in [-0.2, 0) is 9.59 Å². The van der Waals surface area contributed by atoms with E-state index in [1.807, 2.05) is 12.1 Å². The van der Waals surface area contributed by atoms with Gasteiger partial charge in [-0.2, -0.15) is 0 Å². The zero-order valence-electron chi connectivity index (χ0n) is 9.91. The van der Waals surface area contributed by atoms with Crippen molar-refractivity contribution < 1.29 is 14.7 Å². The van der Waals surface area contributed by atoms with Crippen LogP contribution in [0.2, 0.25) is 0 Å². The number of carboxylic acid groups (broad SMARTS) is 1. The molecule has 0 bridgehead atoms. The molecule has 0 spiro atoms. The van der Waals surface area contributed by atoms with Crippen LogP contribution in [0, 0.1) is 10.7 Å². The fraction of sp³-hybridized carbons (Fsp3) is 0.273. The molecule has 0 saturated carbocycles. The number of halogens is 3. The maximum atomic E-state index is 11.8. The first-order valence-electron chi connectivity index (χ1n) is 5.14. The average molecular weight is 600 g/mol. The van der Waals surface area contributed by atoms with E-state index in [2.05, 4.69) is 73.1 Å². The Hall–Kier alpha value is 0.310. The molecular formula is C11H11I3N2O3. The smallest absolute Gasteiger partial charge is 0.317 e. The Kier molecular flexibility index (Phi) is 7.24. The Bertz CT molecular complexity index is 485. The predicted octanol–water partition coefficient (Wildman–Crippen LogP) is 2.46. The summed E-state index contributed by atoms with van der Waals surface area (Å²) < 4.78 is 3.03. The third-order valence-corrected chi connectivity index (χ3v) is 4.41. The minimum Gasteiger partial charge on any atom is -0.480 e. The monoisotopic (exact) mass is 600 g/mol. The Morgan fingerprint density at radius 2 is 1.74 bits per heavy atom. The first-order valence-corrected chi connectivity index (χ1v) is 8.38. The Labute approximate surface area is 151 Å². The number of amides is 1. The number of aliphatic carboxylic acids is 1. The average Bonchev–Trinajstić information content (AvgIpc) is 2.21. The Balaban J connectivity index is 2.70. The maximum Gasteiger partial charge on any atom is 0.317 e. The van der Waals surface area contributed by atoms with Crippen LogP contribution >= 0.6 is 67.8 Å². The number of hydrogen-bond acceptors (Lipinski definition) is 3. The van der Waals surface area contributed by atoms with Crippen molar-refractivity contribution in [1.82, 2.24) is 4.90 Å². The SMILES string of the molecule is CN(CC(=O)O)CC(=O)Nc1c(I)cc(I)cc1I. The van der Waals surface area contributed by atoms with Gasteiger partial charge < -0.3 is 10.4 Å². The number of carbonyl (C=O) groups excluding carboxylic acids is 1. The van der Waals surface area contributed by atoms with Crippen LogP contribution in [0.1, 0.15) is 0 Å². The van der Waals surface area contributed by atoms with E-state index in [1.165, 1.54) is 4.90 Å². The third kappa shape index (κ3) is 6.08. The highest BCUT2D eigenvalue weighted by Gasteiger charge is 2.13. The third-order valence-electron chi connectivity index (χ3n) is 2.09. The number of likely N-dealkylation sites (N-methyl/N-ethyl adjacent to an activating group) is 1. The molecule has 2 N–H and O–H groups in total. The fourth-order valence-corrected chi connectivity index (χ4v) is 5.22. The Morgan fingerprint density at radius 3 is 2.21 bits per heavy atom. The normalized spacial score (nSPS) is 10.6. The highest BCUT2D eigenvalue weighted by molar-refractivity contribution is 14.1. The van der Waals surface area contributed by atoms with Gasteiger partial charge in [0.25, 0.3) is 0 Å². The first-order chi connectivity index (χ1) is 8.79. The summed E-state index contributed by atoms with van der Waals surface area (Å²) in [7, 11) is 1.59. The molecule has 1 aromatic carbocycles. The number of nitrogens with zero attached hydrogens (tertiary/aromatic N) is 1. The van der Waals surface area contributed by atoms with Crippen molar-refractivity contribution in [3.8, 4) is 0 Å². The van der Waals surface area contributed by atoms with Crippen LogP contribution in [0.5, 0.6) is 0 Å². The van der Waals surface area contributed by atoms with Crippen LogP contribution in [0.15, 0.2) is 12.1 Å². The van der Waals surface area contributed by atoms with Gasteiger partial charge in [-0.15, -0.1) is 0 Å². The lowest BCUT2D eigenvalue weighted by atomic mass is 10.3. The molecule has 1 rings (SSSR count). The van der Waals surface area contributed by atoms with Gasteiger partial charge in [0.05, 0.1) is 18.8 Å². The summed E-state index contributed by atoms with van der Waals surface area (Å²) >= 11 is 6.55. The van der Waals surface area contributed by atoms with Gasteiger partial charge in [-0.1, -0.05) is 0 Å². The van der Waals surface area contributed by atoms with Gasteiger partial charge in [0, 0.05) is 10.7 Å². The van der Waals surface area contributed by atoms with E-state index in [-0.39, 0.29) is 19.0 Å². The van der Waals surface area contributed by atoms with Crippen molar-refractivity contribution in [2.75, 3.05) is 25.5 Å². The van der Waals surface area contributed by atoms with Gasteiger partial charge in [0.15, 0.2) is 0 Å². The molecule has 1 amide bonds. The summed E-state index contributed by atoms with van der Waals surface area (Å²) in [5.41, 5.74) is 0.773. The highest BCUT2D eigenvalue weighted by atomic mass is 127. The number of hydrogen-bond donors (Lipinski definition) is 2. The van der Waals surface area contributed by atoms with Gasteiger partial charge in [0.1, 0.15) is 0 Å². The van der Waals surface area contributed by atoms with Crippen molar-refractivity contribution in [3.05, 3.63) is 22.8 Å². The van der Waals surface area contributed by atoms with Gasteiger partial charge >= 0.3 is 5.97 Å². The number of rotatable bonds is 5. The number of anilines is 1. The summed E-state index contributed by atoms with van der Waals surface area (Å²) in [6.07, 6.45) is 0. The maximum absolute atomic E-state index is 11.8. The molecule has 0 fully saturated rings. The number of carboxylic acids is 1. The second-order valence-corrected chi connectivity index (χ2v) is 7.43. The van der Waals surface area contributed by atoms with Crippen LogP contribution in [0.4, 0.5) is 5.69 Å². The minimum absolute atomic E-state index is 0.0461. The van der Waals surface area contributed by atoms with E-state index in [9.17, 15) is 9.59 Å². The van der Waals surface area contributed by atoms with Crippen molar-refractivity contribution in [2.24, 2.45) is 0 Å². The summed E-state index contributed by atoms with van der Waals surface area (Å²) in [6.45, 7) is -0.112. The largest absolute Gasteiger partial charge is 0.480 e. The topological polar surface area (TPSA) is 69.6 Å². The van der Waals surface area contributed by atoms with Crippen molar-refractivity contribution in [2.45, 2.75) is 0 Å². The molecule has 19 heavy (non-hydrogen) atoms. The van der Waals surface area contributed by atoms with Crippen molar-refractivity contribution >= 4 is 85.3 Å². The van der Waals surface area contributed by atoms with Gasteiger partial charge in [-0.3, -0.25) is 14.5 Å². The lowest BCUT2D eigenvalue weighted by molar-refractivity contribution is -0.138. The molecule has 1 aromatic rings. The first kappa shape index (κ1) is 17.4. The summed E-state index contributed by atoms with van der Waals surface area (Å²) in [5.74, 6) is -1.17. The molecular weight excluding hydrogens is 589 g/mol. The van der Waals surface area contributed by atoms with Crippen molar-refractivity contribution in [1.29, 1.82) is 0 Å². The lowest BCUT2D eigenvalue weighted by Gasteiger charge is -2.15. The molecule has 104 valence electrons. The van der Waals surface area contributed by atoms with Gasteiger partial charge in [-0.25, -0.2) is 0 Å². The Morgan fingerprint density at radius 1 is 1.21 bits per heavy atom. The van der Waals surface area contributed by atoms with Gasteiger partial charge in [-0.05, 0) is 87.0 Å². The van der Waals surface area contributed by atoms with E-state index in [0.29, 0.717) is 0 Å². The van der Waals surface area contributed by atoms with E-state index in [0.717, 1.165) is 16.4 Å². The van der Waals surface area contributed by atoms with E-state index in [1.54, 1.807) is 7.05 Å². The van der Waals surface area contributed by atoms with E-state index < -0.39 is 5.97 Å². The van der Waals surface area contributed by atoms with E-state index in [4.69, 9.17) is 5.11 Å². The lowest BCUT2D eigenvalue weighted by Crippen LogP contribution is -2.34. The van der Waals surface area contributed by atoms with Crippen molar-refractivity contribution in [3.63, 3.8) is 0 Å². The van der Waals surface area contributed by atoms with Gasteiger partial charge in [0.2, 0.25) is 5.91 Å². The molecule has 0 aliphatic heterocycles. The zero-order valence-corrected chi connectivity index (χ0v) is 16.4. The molecule has 0 unspecified atom stereocenters. The molecule has 8 heteroatoms. The van der Waals surface area contributed by atoms with E-state index >= 15 is 0 Å². The second kappa shape index (κ2) is 7.93. The number of benzene rings is 1. The highest BCUT2D eigenvalue weighted by Crippen LogP contribution is 2.27. The zero-order chi connectivity index (χ0) is 14.6. The van der Waals surface area contributed by atoms with Crippen LogP contribution in [0.3, 0.4) is 0 Å². The molecule has 0 heterocycles. The number of nitrogens with one attached hydrogen (secondary N) is 1. The quantitative estimate of drug-likeness (QED) is 0.511.